The van der Waals surface area contributed by atoms with Crippen LogP contribution < -0.4 is 53.0 Å². The van der Waals surface area contributed by atoms with Gasteiger partial charge in [0.15, 0.2) is 0 Å². The standard InChI is InChI=1S/C65H76ClN13O16/c1-36(2)55(75-63(90)93-28-27-78-51(81)21-22-52(78)82)59(85)74-47(12-8-23-69-62(68)89)58(84)71-42-17-13-38(14-18-42)35-94-64(91)76(4)25-26-77(24-6-5-11-46(67)61(87)88)65(92)95-50-31-49-54(53-37(3)9-7-10-45(50)53)41(32-66)34-79(49)60(86)48-30-40-29-43(33-70-56(40)73-48)72-57(83)39-15-19-44(80)20-16-39/h7,9-10,13-22,29,31,33,36,41,46-48,55,80H,5-6,8,11-12,23-28,30,32,34-35,67H2,1-4H3,(H,70,73)(H,71,84)(H,72,83)(H,74,85)(H,75,90)(H,87,88)(H3,68,69,89)/t41-,46+,47+,48?,55+/m1/s1. The fraction of sp³-hybridized carbons (Fsp3) is 0.385. The second-order valence-corrected chi connectivity index (χ2v) is 23.7. The molecule has 11 amide bonds. The molecule has 1 unspecified atom stereocenters. The molecule has 4 aromatic carbocycles. The van der Waals surface area contributed by atoms with Gasteiger partial charge in [0.1, 0.15) is 54.7 Å². The molecule has 5 aromatic rings. The minimum absolute atomic E-state index is 0.0168. The number of primary amides is 1. The summed E-state index contributed by atoms with van der Waals surface area (Å²) in [5.41, 5.74) is 15.4. The van der Waals surface area contributed by atoms with E-state index in [1.807, 2.05) is 25.1 Å². The van der Waals surface area contributed by atoms with E-state index in [2.05, 4.69) is 36.9 Å². The number of aliphatic carboxylic acids is 1. The predicted molar refractivity (Wildman–Crippen MR) is 349 cm³/mol. The maximum absolute atomic E-state index is 14.7. The number of hydrogen-bond donors (Lipinski definition) is 10. The first kappa shape index (κ1) is 70.3. The molecule has 504 valence electrons. The number of alkyl carbamates (subject to hydrolysis) is 1. The number of carbonyl (C=O) groups excluding carboxylic acids is 10. The molecule has 5 atom stereocenters. The number of nitrogens with two attached hydrogens (primary N) is 2. The lowest BCUT2D eigenvalue weighted by atomic mass is 9.92. The number of carboxylic acids is 1. The lowest BCUT2D eigenvalue weighted by Gasteiger charge is -2.26. The van der Waals surface area contributed by atoms with E-state index in [0.29, 0.717) is 57.8 Å². The molecule has 3 aliphatic rings. The third kappa shape index (κ3) is 18.4. The number of urea groups is 1. The van der Waals surface area contributed by atoms with Crippen LogP contribution >= 0.6 is 11.6 Å². The summed E-state index contributed by atoms with van der Waals surface area (Å²) in [7, 11) is 1.48. The van der Waals surface area contributed by atoms with Crippen molar-refractivity contribution in [3.63, 3.8) is 0 Å². The minimum atomic E-state index is -1.19. The summed E-state index contributed by atoms with van der Waals surface area (Å²) in [6.45, 7) is 4.70. The molecule has 30 heteroatoms. The summed E-state index contributed by atoms with van der Waals surface area (Å²) in [6, 6.07) is 15.9. The fourth-order valence-electron chi connectivity index (χ4n) is 11.0. The molecule has 0 spiro atoms. The van der Waals surface area contributed by atoms with Crippen LogP contribution in [-0.4, -0.2) is 179 Å². The van der Waals surface area contributed by atoms with Gasteiger partial charge in [-0.05, 0) is 115 Å². The highest BCUT2D eigenvalue weighted by Gasteiger charge is 2.40. The van der Waals surface area contributed by atoms with Gasteiger partial charge < -0.3 is 82.5 Å². The van der Waals surface area contributed by atoms with Gasteiger partial charge in [-0.3, -0.25) is 38.5 Å². The molecule has 3 aliphatic heterocycles. The normalized spacial score (nSPS) is 15.4. The number of hydrogen-bond acceptors (Lipinski definition) is 18. The Labute approximate surface area is 551 Å². The molecule has 29 nitrogen and oxygen atoms in total. The molecule has 8 rings (SSSR count). The van der Waals surface area contributed by atoms with E-state index < -0.39 is 89.9 Å². The number of aromatic hydroxyl groups is 1. The van der Waals surface area contributed by atoms with Crippen LogP contribution in [0.3, 0.4) is 0 Å². The zero-order valence-electron chi connectivity index (χ0n) is 52.7. The van der Waals surface area contributed by atoms with Gasteiger partial charge in [0.25, 0.3) is 17.7 Å². The zero-order valence-corrected chi connectivity index (χ0v) is 53.4. The van der Waals surface area contributed by atoms with Gasteiger partial charge in [-0.25, -0.2) is 24.2 Å². The number of likely N-dealkylation sites (N-methyl/N-ethyl adjacent to an activating group) is 1. The minimum Gasteiger partial charge on any atom is -0.508 e. The highest BCUT2D eigenvalue weighted by molar-refractivity contribution is 6.19. The first-order chi connectivity index (χ1) is 45.4. The Kier molecular flexibility index (Phi) is 23.9. The number of ether oxygens (including phenoxy) is 3. The van der Waals surface area contributed by atoms with Crippen LogP contribution in [0.1, 0.15) is 84.5 Å². The van der Waals surface area contributed by atoms with E-state index in [-0.39, 0.29) is 107 Å². The van der Waals surface area contributed by atoms with E-state index in [0.717, 1.165) is 33.6 Å². The Balaban J connectivity index is 0.894. The third-order valence-electron chi connectivity index (χ3n) is 16.1. The number of phenols is 1. The number of aromatic nitrogens is 1. The number of nitrogens with one attached hydrogen (secondary N) is 6. The molecule has 0 bridgehead atoms. The average molecular weight is 1330 g/mol. The quantitative estimate of drug-likeness (QED) is 0.0163. The second-order valence-electron chi connectivity index (χ2n) is 23.4. The van der Waals surface area contributed by atoms with Crippen LogP contribution in [0.5, 0.6) is 11.5 Å². The number of aryl methyl sites for hydroxylation is 1. The second kappa shape index (κ2) is 32.3. The molecule has 95 heavy (non-hydrogen) atoms. The Bertz CT molecular complexity index is 3740. The lowest BCUT2D eigenvalue weighted by Crippen LogP contribution is -2.54. The number of rotatable bonds is 29. The summed E-state index contributed by atoms with van der Waals surface area (Å²) < 4.78 is 17.0. The van der Waals surface area contributed by atoms with Crippen molar-refractivity contribution in [3.05, 3.63) is 125 Å². The van der Waals surface area contributed by atoms with Crippen molar-refractivity contribution >= 4 is 111 Å². The number of imide groups is 1. The van der Waals surface area contributed by atoms with Gasteiger partial charge >= 0.3 is 30.3 Å². The maximum atomic E-state index is 14.7. The Morgan fingerprint density at radius 3 is 2.25 bits per heavy atom. The van der Waals surface area contributed by atoms with E-state index in [1.54, 1.807) is 55.1 Å². The van der Waals surface area contributed by atoms with Crippen LogP contribution in [0.4, 0.5) is 42.1 Å². The highest BCUT2D eigenvalue weighted by Crippen LogP contribution is 2.47. The number of nitrogens with zero attached hydrogens (tertiary/aromatic N) is 5. The number of pyridine rings is 1. The number of amides is 11. The van der Waals surface area contributed by atoms with Crippen molar-refractivity contribution < 1.29 is 77.2 Å². The van der Waals surface area contributed by atoms with Gasteiger partial charge in [0, 0.05) is 92.8 Å². The van der Waals surface area contributed by atoms with E-state index in [9.17, 15) is 63.0 Å². The molecule has 0 saturated carbocycles. The lowest BCUT2D eigenvalue weighted by molar-refractivity contribution is -0.139. The average Bonchev–Trinajstić information content (AvgIpc) is 1.63. The summed E-state index contributed by atoms with van der Waals surface area (Å²) >= 11 is 6.67. The topological polar surface area (TPSA) is 406 Å². The molecule has 1 aromatic heterocycles. The number of carboxylic acid groups (broad SMARTS) is 1. The summed E-state index contributed by atoms with van der Waals surface area (Å²) in [4.78, 5) is 152. The van der Waals surface area contributed by atoms with Gasteiger partial charge in [-0.2, -0.15) is 0 Å². The molecule has 0 saturated heterocycles. The molecular weight excluding hydrogens is 1250 g/mol. The smallest absolute Gasteiger partial charge is 0.415 e. The van der Waals surface area contributed by atoms with E-state index >= 15 is 0 Å². The van der Waals surface area contributed by atoms with Crippen molar-refractivity contribution in [2.75, 3.05) is 79.7 Å². The van der Waals surface area contributed by atoms with Crippen molar-refractivity contribution in [3.8, 4) is 11.5 Å². The van der Waals surface area contributed by atoms with Gasteiger partial charge in [-0.15, -0.1) is 11.6 Å². The van der Waals surface area contributed by atoms with Crippen LogP contribution in [0.15, 0.2) is 97.2 Å². The van der Waals surface area contributed by atoms with Crippen LogP contribution in [0.25, 0.3) is 10.8 Å². The number of alkyl halides is 1. The van der Waals surface area contributed by atoms with Gasteiger partial charge in [0.05, 0.1) is 24.1 Å². The number of halogens is 1. The van der Waals surface area contributed by atoms with Crippen LogP contribution in [-0.2, 0) is 51.3 Å². The predicted octanol–water partition coefficient (Wildman–Crippen LogP) is 5.41. The van der Waals surface area contributed by atoms with E-state index in [1.165, 1.54) is 47.3 Å². The zero-order chi connectivity index (χ0) is 68.6. The molecule has 0 fully saturated rings. The first-order valence-corrected chi connectivity index (χ1v) is 31.3. The van der Waals surface area contributed by atoms with Crippen molar-refractivity contribution in [1.29, 1.82) is 0 Å². The van der Waals surface area contributed by atoms with E-state index in [4.69, 9.17) is 37.3 Å². The Morgan fingerprint density at radius 1 is 0.842 bits per heavy atom. The van der Waals surface area contributed by atoms with Gasteiger partial charge in [-0.1, -0.05) is 44.2 Å². The number of anilines is 4. The molecule has 12 N–H and O–H groups in total. The highest BCUT2D eigenvalue weighted by atomic mass is 35.5. The fourth-order valence-corrected chi connectivity index (χ4v) is 11.2. The van der Waals surface area contributed by atoms with Gasteiger partial charge in [0.2, 0.25) is 17.7 Å². The third-order valence-corrected chi connectivity index (χ3v) is 16.5. The maximum Gasteiger partial charge on any atom is 0.415 e. The molecule has 4 heterocycles. The summed E-state index contributed by atoms with van der Waals surface area (Å²) in [5, 5.41) is 36.8. The number of unbranched alkanes of at least 4 members (excludes halogenated alkanes) is 1. The Hall–Kier alpha value is -10.6. The summed E-state index contributed by atoms with van der Waals surface area (Å²) in [6.07, 6.45) is 2.34. The Morgan fingerprint density at radius 2 is 1.57 bits per heavy atom. The first-order valence-electron chi connectivity index (χ1n) is 30.7. The number of benzene rings is 4. The van der Waals surface area contributed by atoms with Crippen molar-refractivity contribution in [2.45, 2.75) is 96.0 Å². The molecular formula is C65H76ClN13O16. The molecule has 0 radical (unpaired) electrons. The monoisotopic (exact) mass is 1330 g/mol. The number of fused-ring (bicyclic) bond motifs is 4. The van der Waals surface area contributed by atoms with Crippen LogP contribution in [0.2, 0.25) is 0 Å². The van der Waals surface area contributed by atoms with Crippen LogP contribution in [0, 0.1) is 12.8 Å². The molecule has 0 aliphatic carbocycles. The SMILES string of the molecule is Cc1cccc2c(OC(=O)N(CCCC[C@H](N)C(=O)O)CCN(C)C(=O)OCc3ccc(NC(=O)[C@H](CCCNC(N)=O)NC(=O)[C@@H](NC(=O)OCCN4C(=O)C=CC4=O)C(C)C)cc3)cc3c(c12)[C@H](CCl)CN3C(=O)C1Cc2cc(NC(=O)c3ccc(O)cc3)cnc2N1. The van der Waals surface area contributed by atoms with Crippen molar-refractivity contribution in [1.82, 2.24) is 35.6 Å². The number of carbonyl (C=O) groups is 11. The van der Waals surface area contributed by atoms with Crippen molar-refractivity contribution in [2.24, 2.45) is 17.4 Å². The number of phenolic OH excluding ortho intramolecular Hbond substituents is 1. The largest absolute Gasteiger partial charge is 0.508 e. The summed E-state index contributed by atoms with van der Waals surface area (Å²) in [5.74, 6) is -4.39.